The van der Waals surface area contributed by atoms with Crippen LogP contribution in [0, 0.1) is 5.82 Å². The minimum absolute atomic E-state index is 0.285. The van der Waals surface area contributed by atoms with Gasteiger partial charge in [-0.25, -0.2) is 9.37 Å². The van der Waals surface area contributed by atoms with Crippen LogP contribution in [0.15, 0.2) is 36.9 Å². The van der Waals surface area contributed by atoms with Crippen LogP contribution >= 0.6 is 11.6 Å². The summed E-state index contributed by atoms with van der Waals surface area (Å²) in [5.41, 5.74) is 0.881. The van der Waals surface area contributed by atoms with E-state index >= 15 is 0 Å². The van der Waals surface area contributed by atoms with E-state index in [0.29, 0.717) is 23.7 Å². The van der Waals surface area contributed by atoms with Crippen LogP contribution < -0.4 is 5.32 Å². The van der Waals surface area contributed by atoms with Crippen molar-refractivity contribution in [2.45, 2.75) is 37.9 Å². The Hall–Kier alpha value is -1.39. The fourth-order valence-corrected chi connectivity index (χ4v) is 3.21. The van der Waals surface area contributed by atoms with Gasteiger partial charge in [0.2, 0.25) is 0 Å². The monoisotopic (exact) mass is 293 g/mol. The molecule has 3 nitrogen and oxygen atoms in total. The lowest BCUT2D eigenvalue weighted by molar-refractivity contribution is 0.390. The Morgan fingerprint density at radius 3 is 3.00 bits per heavy atom. The standard InChI is InChI=1S/C15H17ClFN3/c16-12-6-11(7-13(17)8-12)9-19-14-2-1-3-15(14)20-5-4-18-10-20/h4-8,10,14-15,19H,1-3,9H2. The highest BCUT2D eigenvalue weighted by Crippen LogP contribution is 2.30. The molecule has 1 aliphatic carbocycles. The van der Waals surface area contributed by atoms with E-state index < -0.39 is 0 Å². The van der Waals surface area contributed by atoms with Gasteiger partial charge in [-0.05, 0) is 43.0 Å². The van der Waals surface area contributed by atoms with Gasteiger partial charge >= 0.3 is 0 Å². The molecule has 2 atom stereocenters. The summed E-state index contributed by atoms with van der Waals surface area (Å²) in [5, 5.41) is 3.96. The van der Waals surface area contributed by atoms with E-state index in [9.17, 15) is 4.39 Å². The molecule has 2 aromatic rings. The first-order chi connectivity index (χ1) is 9.72. The summed E-state index contributed by atoms with van der Waals surface area (Å²) in [6.07, 6.45) is 9.16. The highest BCUT2D eigenvalue weighted by Gasteiger charge is 2.27. The van der Waals surface area contributed by atoms with E-state index in [1.807, 2.05) is 18.7 Å². The van der Waals surface area contributed by atoms with Gasteiger partial charge in [-0.15, -0.1) is 0 Å². The normalized spacial score (nSPS) is 22.3. The molecule has 3 rings (SSSR count). The minimum Gasteiger partial charge on any atom is -0.333 e. The first kappa shape index (κ1) is 13.6. The van der Waals surface area contributed by atoms with Gasteiger partial charge in [0, 0.05) is 36.0 Å². The topological polar surface area (TPSA) is 29.9 Å². The molecule has 0 amide bonds. The molecule has 5 heteroatoms. The van der Waals surface area contributed by atoms with E-state index in [-0.39, 0.29) is 5.82 Å². The van der Waals surface area contributed by atoms with E-state index in [2.05, 4.69) is 14.9 Å². The number of nitrogens with one attached hydrogen (secondary N) is 1. The van der Waals surface area contributed by atoms with Crippen molar-refractivity contribution in [2.24, 2.45) is 0 Å². The zero-order valence-corrected chi connectivity index (χ0v) is 11.9. The number of benzene rings is 1. The highest BCUT2D eigenvalue weighted by molar-refractivity contribution is 6.30. The van der Waals surface area contributed by atoms with E-state index in [1.54, 1.807) is 6.07 Å². The molecule has 106 valence electrons. The number of imidazole rings is 1. The predicted molar refractivity (Wildman–Crippen MR) is 77.2 cm³/mol. The van der Waals surface area contributed by atoms with Crippen molar-refractivity contribution < 1.29 is 4.39 Å². The first-order valence-corrected chi connectivity index (χ1v) is 7.26. The fraction of sp³-hybridized carbons (Fsp3) is 0.400. The van der Waals surface area contributed by atoms with Gasteiger partial charge < -0.3 is 9.88 Å². The van der Waals surface area contributed by atoms with Gasteiger partial charge in [-0.3, -0.25) is 0 Å². The Balaban J connectivity index is 1.65. The quantitative estimate of drug-likeness (QED) is 0.934. The molecule has 0 saturated heterocycles. The smallest absolute Gasteiger partial charge is 0.125 e. The van der Waals surface area contributed by atoms with E-state index in [1.165, 1.54) is 18.6 Å². The average Bonchev–Trinajstić information content (AvgIpc) is 3.06. The second kappa shape index (κ2) is 5.94. The summed E-state index contributed by atoms with van der Waals surface area (Å²) in [4.78, 5) is 4.11. The van der Waals surface area contributed by atoms with Crippen LogP contribution in [0.5, 0.6) is 0 Å². The molecule has 1 aromatic heterocycles. The largest absolute Gasteiger partial charge is 0.333 e. The van der Waals surface area contributed by atoms with Gasteiger partial charge in [0.1, 0.15) is 5.82 Å². The third kappa shape index (κ3) is 3.02. The van der Waals surface area contributed by atoms with Crippen molar-refractivity contribution >= 4 is 11.6 Å². The number of hydrogen-bond donors (Lipinski definition) is 1. The Labute approximate surface area is 122 Å². The summed E-state index contributed by atoms with van der Waals surface area (Å²) in [6, 6.07) is 5.49. The Kier molecular flexibility index (Phi) is 4.03. The number of rotatable bonds is 4. The summed E-state index contributed by atoms with van der Waals surface area (Å²) >= 11 is 5.88. The maximum absolute atomic E-state index is 13.3. The molecule has 1 heterocycles. The lowest BCUT2D eigenvalue weighted by atomic mass is 10.1. The molecule has 1 saturated carbocycles. The molecule has 2 unspecified atom stereocenters. The van der Waals surface area contributed by atoms with Crippen molar-refractivity contribution in [3.05, 3.63) is 53.3 Å². The van der Waals surface area contributed by atoms with Crippen molar-refractivity contribution in [3.63, 3.8) is 0 Å². The van der Waals surface area contributed by atoms with E-state index in [0.717, 1.165) is 18.4 Å². The van der Waals surface area contributed by atoms with Crippen LogP contribution in [-0.2, 0) is 6.54 Å². The molecule has 0 spiro atoms. The Bertz CT molecular complexity index is 550. The van der Waals surface area contributed by atoms with Gasteiger partial charge in [-0.2, -0.15) is 0 Å². The predicted octanol–water partition coefficient (Wildman–Crippen LogP) is 3.56. The minimum atomic E-state index is -0.285. The molecular formula is C15H17ClFN3. The molecule has 0 aliphatic heterocycles. The van der Waals surface area contributed by atoms with Crippen LogP contribution in [0.4, 0.5) is 4.39 Å². The maximum Gasteiger partial charge on any atom is 0.125 e. The number of halogens is 2. The third-order valence-corrected chi connectivity index (χ3v) is 4.10. The summed E-state index contributed by atoms with van der Waals surface area (Å²) < 4.78 is 15.5. The van der Waals surface area contributed by atoms with Crippen LogP contribution in [0.2, 0.25) is 5.02 Å². The van der Waals surface area contributed by atoms with Gasteiger partial charge in [0.25, 0.3) is 0 Å². The van der Waals surface area contributed by atoms with Crippen molar-refractivity contribution in [3.8, 4) is 0 Å². The zero-order valence-electron chi connectivity index (χ0n) is 11.1. The number of nitrogens with zero attached hydrogens (tertiary/aromatic N) is 2. The molecule has 1 aromatic carbocycles. The molecule has 0 bridgehead atoms. The van der Waals surface area contributed by atoms with E-state index in [4.69, 9.17) is 11.6 Å². The highest BCUT2D eigenvalue weighted by atomic mass is 35.5. The Morgan fingerprint density at radius 1 is 1.35 bits per heavy atom. The molecule has 0 radical (unpaired) electrons. The van der Waals surface area contributed by atoms with Crippen LogP contribution in [0.3, 0.4) is 0 Å². The molecule has 1 fully saturated rings. The summed E-state index contributed by atoms with van der Waals surface area (Å²) in [5.74, 6) is -0.285. The van der Waals surface area contributed by atoms with Crippen LogP contribution in [0.1, 0.15) is 30.9 Å². The second-order valence-electron chi connectivity index (χ2n) is 5.27. The van der Waals surface area contributed by atoms with Crippen molar-refractivity contribution in [1.29, 1.82) is 0 Å². The maximum atomic E-state index is 13.3. The SMILES string of the molecule is Fc1cc(Cl)cc(CNC2CCCC2n2ccnc2)c1. The zero-order chi connectivity index (χ0) is 13.9. The number of aromatic nitrogens is 2. The van der Waals surface area contributed by atoms with Crippen molar-refractivity contribution in [1.82, 2.24) is 14.9 Å². The van der Waals surface area contributed by atoms with Crippen LogP contribution in [-0.4, -0.2) is 15.6 Å². The average molecular weight is 294 g/mol. The third-order valence-electron chi connectivity index (χ3n) is 3.88. The van der Waals surface area contributed by atoms with Gasteiger partial charge in [0.15, 0.2) is 0 Å². The van der Waals surface area contributed by atoms with Crippen molar-refractivity contribution in [2.75, 3.05) is 0 Å². The van der Waals surface area contributed by atoms with Gasteiger partial charge in [0.05, 0.1) is 6.33 Å². The molecule has 20 heavy (non-hydrogen) atoms. The summed E-state index contributed by atoms with van der Waals surface area (Å²) in [7, 11) is 0. The molecule has 1 N–H and O–H groups in total. The second-order valence-corrected chi connectivity index (χ2v) is 5.71. The first-order valence-electron chi connectivity index (χ1n) is 6.88. The molecule has 1 aliphatic rings. The fourth-order valence-electron chi connectivity index (χ4n) is 2.96. The summed E-state index contributed by atoms with van der Waals surface area (Å²) in [6.45, 7) is 0.632. The lowest BCUT2D eigenvalue weighted by Gasteiger charge is -2.22. The van der Waals surface area contributed by atoms with Crippen LogP contribution in [0.25, 0.3) is 0 Å². The Morgan fingerprint density at radius 2 is 2.25 bits per heavy atom. The van der Waals surface area contributed by atoms with Gasteiger partial charge in [-0.1, -0.05) is 11.6 Å². The number of hydrogen-bond acceptors (Lipinski definition) is 2. The lowest BCUT2D eigenvalue weighted by Crippen LogP contribution is -2.33. The molecular weight excluding hydrogens is 277 g/mol.